The summed E-state index contributed by atoms with van der Waals surface area (Å²) in [5.41, 5.74) is 1.04. The molecule has 3 aromatic rings. The molecule has 3 rings (SSSR count). The maximum Gasteiger partial charge on any atom is 0.329 e. The maximum absolute atomic E-state index is 12.3. The molecule has 1 heterocycles. The minimum atomic E-state index is -3.74. The molecule has 124 valence electrons. The maximum atomic E-state index is 12.3. The molecule has 0 saturated carbocycles. The van der Waals surface area contributed by atoms with Gasteiger partial charge in [0.15, 0.2) is 0 Å². The highest BCUT2D eigenvalue weighted by Crippen LogP contribution is 2.28. The van der Waals surface area contributed by atoms with Crippen LogP contribution >= 0.6 is 0 Å². The monoisotopic (exact) mass is 343 g/mol. The molecular formula is C17H17N3O3S. The van der Waals surface area contributed by atoms with E-state index in [1.807, 2.05) is 37.3 Å². The Morgan fingerprint density at radius 2 is 1.62 bits per heavy atom. The van der Waals surface area contributed by atoms with E-state index in [0.717, 1.165) is 12.0 Å². The van der Waals surface area contributed by atoms with Gasteiger partial charge in [-0.3, -0.25) is 0 Å². The summed E-state index contributed by atoms with van der Waals surface area (Å²) in [5.74, 6) is 0.308. The Kier molecular flexibility index (Phi) is 4.61. The summed E-state index contributed by atoms with van der Waals surface area (Å²) in [7, 11) is -3.74. The number of hydrogen-bond donors (Lipinski definition) is 1. The normalized spacial score (nSPS) is 12.7. The Morgan fingerprint density at radius 3 is 2.25 bits per heavy atom. The number of hydrogen-bond acceptors (Lipinski definition) is 5. The molecule has 0 bridgehead atoms. The predicted molar refractivity (Wildman–Crippen MR) is 90.1 cm³/mol. The largest absolute Gasteiger partial charge is 0.407 e. The average Bonchev–Trinajstić information content (AvgIpc) is 3.05. The smallest absolute Gasteiger partial charge is 0.329 e. The van der Waals surface area contributed by atoms with E-state index < -0.39 is 10.0 Å². The molecule has 0 saturated heterocycles. The summed E-state index contributed by atoms with van der Waals surface area (Å²) in [4.78, 5) is 0.139. The number of rotatable bonds is 6. The van der Waals surface area contributed by atoms with Gasteiger partial charge >= 0.3 is 6.01 Å². The van der Waals surface area contributed by atoms with Gasteiger partial charge in [0.05, 0.1) is 10.8 Å². The fraction of sp³-hybridized carbons (Fsp3) is 0.176. The molecule has 0 aliphatic rings. The first-order valence-corrected chi connectivity index (χ1v) is 9.04. The lowest BCUT2D eigenvalue weighted by Gasteiger charge is -2.10. The van der Waals surface area contributed by atoms with Gasteiger partial charge in [-0.1, -0.05) is 60.6 Å². The number of anilines is 1. The Labute approximate surface area is 140 Å². The molecule has 0 radical (unpaired) electrons. The van der Waals surface area contributed by atoms with Crippen LogP contribution in [0, 0.1) is 0 Å². The van der Waals surface area contributed by atoms with Gasteiger partial charge in [-0.2, -0.15) is 0 Å². The van der Waals surface area contributed by atoms with Gasteiger partial charge in [-0.05, 0) is 24.1 Å². The third-order valence-electron chi connectivity index (χ3n) is 3.62. The molecule has 0 fully saturated rings. The van der Waals surface area contributed by atoms with Crippen LogP contribution in [0.25, 0.3) is 0 Å². The summed E-state index contributed by atoms with van der Waals surface area (Å²) >= 11 is 0. The van der Waals surface area contributed by atoms with Gasteiger partial charge < -0.3 is 4.42 Å². The molecule has 0 amide bonds. The Morgan fingerprint density at radius 1 is 1.00 bits per heavy atom. The van der Waals surface area contributed by atoms with Gasteiger partial charge in [0.25, 0.3) is 10.0 Å². The highest BCUT2D eigenvalue weighted by Gasteiger charge is 2.22. The molecule has 6 nitrogen and oxygen atoms in total. The van der Waals surface area contributed by atoms with Crippen molar-refractivity contribution in [3.8, 4) is 0 Å². The van der Waals surface area contributed by atoms with Crippen LogP contribution < -0.4 is 4.72 Å². The summed E-state index contributed by atoms with van der Waals surface area (Å²) in [5, 5.41) is 7.81. The lowest BCUT2D eigenvalue weighted by Crippen LogP contribution is -2.12. The third kappa shape index (κ3) is 3.46. The van der Waals surface area contributed by atoms with Gasteiger partial charge in [0.2, 0.25) is 5.89 Å². The second-order valence-corrected chi connectivity index (χ2v) is 6.92. The zero-order chi connectivity index (χ0) is 17.0. The second-order valence-electron chi connectivity index (χ2n) is 5.24. The van der Waals surface area contributed by atoms with Crippen LogP contribution in [0.4, 0.5) is 6.01 Å². The fourth-order valence-corrected chi connectivity index (χ4v) is 3.37. The number of benzene rings is 2. The van der Waals surface area contributed by atoms with Crippen molar-refractivity contribution >= 4 is 16.0 Å². The zero-order valence-electron chi connectivity index (χ0n) is 13.1. The zero-order valence-corrected chi connectivity index (χ0v) is 13.9. The lowest BCUT2D eigenvalue weighted by atomic mass is 9.97. The number of sulfonamides is 1. The summed E-state index contributed by atoms with van der Waals surface area (Å²) in [6, 6.07) is 17.7. The Bertz CT molecular complexity index is 893. The van der Waals surface area contributed by atoms with E-state index in [1.165, 1.54) is 12.1 Å². The second kappa shape index (κ2) is 6.84. The van der Waals surface area contributed by atoms with Crippen molar-refractivity contribution in [3.05, 3.63) is 72.1 Å². The molecule has 0 unspecified atom stereocenters. The molecule has 1 atom stereocenters. The first-order valence-electron chi connectivity index (χ1n) is 7.56. The summed E-state index contributed by atoms with van der Waals surface area (Å²) in [6.45, 7) is 2.01. The fourth-order valence-electron chi connectivity index (χ4n) is 2.43. The van der Waals surface area contributed by atoms with Gasteiger partial charge in [0, 0.05) is 0 Å². The van der Waals surface area contributed by atoms with E-state index in [1.54, 1.807) is 18.2 Å². The number of nitrogens with one attached hydrogen (secondary N) is 1. The van der Waals surface area contributed by atoms with E-state index in [4.69, 9.17) is 4.42 Å². The highest BCUT2D eigenvalue weighted by atomic mass is 32.2. The van der Waals surface area contributed by atoms with Crippen molar-refractivity contribution in [3.63, 3.8) is 0 Å². The molecular weight excluding hydrogens is 326 g/mol. The van der Waals surface area contributed by atoms with Crippen LogP contribution in [-0.4, -0.2) is 18.6 Å². The van der Waals surface area contributed by atoms with Gasteiger partial charge in [-0.25, -0.2) is 13.1 Å². The minimum absolute atomic E-state index is 0.0753. The molecule has 0 aliphatic heterocycles. The van der Waals surface area contributed by atoms with Crippen molar-refractivity contribution < 1.29 is 12.8 Å². The van der Waals surface area contributed by atoms with Gasteiger partial charge in [-0.15, -0.1) is 5.10 Å². The van der Waals surface area contributed by atoms with Crippen LogP contribution in [0.3, 0.4) is 0 Å². The number of aromatic nitrogens is 2. The Balaban J connectivity index is 1.83. The lowest BCUT2D eigenvalue weighted by molar-refractivity contribution is 0.476. The summed E-state index contributed by atoms with van der Waals surface area (Å²) < 4.78 is 32.4. The molecule has 2 aromatic carbocycles. The van der Waals surface area contributed by atoms with E-state index in [0.29, 0.717) is 5.89 Å². The van der Waals surface area contributed by atoms with Crippen molar-refractivity contribution in [2.75, 3.05) is 4.72 Å². The SMILES string of the molecule is CC[C@H](c1ccccc1)c1nnc(NS(=O)(=O)c2ccccc2)o1. The van der Waals surface area contributed by atoms with E-state index in [-0.39, 0.29) is 16.8 Å². The van der Waals surface area contributed by atoms with Crippen LogP contribution in [0.2, 0.25) is 0 Å². The van der Waals surface area contributed by atoms with E-state index in [2.05, 4.69) is 14.9 Å². The summed E-state index contributed by atoms with van der Waals surface area (Å²) in [6.07, 6.45) is 0.761. The van der Waals surface area contributed by atoms with Gasteiger partial charge in [0.1, 0.15) is 0 Å². The van der Waals surface area contributed by atoms with E-state index >= 15 is 0 Å². The highest BCUT2D eigenvalue weighted by molar-refractivity contribution is 7.92. The average molecular weight is 343 g/mol. The topological polar surface area (TPSA) is 85.1 Å². The predicted octanol–water partition coefficient (Wildman–Crippen LogP) is 3.41. The van der Waals surface area contributed by atoms with Crippen molar-refractivity contribution in [2.45, 2.75) is 24.2 Å². The molecule has 0 spiro atoms. The van der Waals surface area contributed by atoms with Crippen LogP contribution in [-0.2, 0) is 10.0 Å². The minimum Gasteiger partial charge on any atom is -0.407 e. The van der Waals surface area contributed by atoms with Crippen LogP contribution in [0.5, 0.6) is 0 Å². The Hall–Kier alpha value is -2.67. The third-order valence-corrected chi connectivity index (χ3v) is 4.96. The first kappa shape index (κ1) is 16.2. The van der Waals surface area contributed by atoms with Crippen molar-refractivity contribution in [1.29, 1.82) is 0 Å². The molecule has 1 aromatic heterocycles. The first-order chi connectivity index (χ1) is 11.6. The van der Waals surface area contributed by atoms with Crippen LogP contribution in [0.15, 0.2) is 70.0 Å². The molecule has 7 heteroatoms. The van der Waals surface area contributed by atoms with Crippen molar-refractivity contribution in [2.24, 2.45) is 0 Å². The standard InChI is InChI=1S/C17H17N3O3S/c1-2-15(13-9-5-3-6-10-13)16-18-19-17(23-16)20-24(21,22)14-11-7-4-8-12-14/h3-12,15H,2H2,1H3,(H,19,20)/t15-/m1/s1. The van der Waals surface area contributed by atoms with E-state index in [9.17, 15) is 8.42 Å². The van der Waals surface area contributed by atoms with Crippen molar-refractivity contribution in [1.82, 2.24) is 10.2 Å². The molecule has 1 N–H and O–H groups in total. The van der Waals surface area contributed by atoms with Crippen LogP contribution in [0.1, 0.15) is 30.7 Å². The molecule has 24 heavy (non-hydrogen) atoms. The molecule has 0 aliphatic carbocycles. The quantitative estimate of drug-likeness (QED) is 0.741. The number of nitrogens with zero attached hydrogens (tertiary/aromatic N) is 2.